The van der Waals surface area contributed by atoms with Crippen LogP contribution in [-0.4, -0.2) is 50.6 Å². The van der Waals surface area contributed by atoms with Crippen molar-refractivity contribution in [3.8, 4) is 5.75 Å². The van der Waals surface area contributed by atoms with Crippen molar-refractivity contribution in [2.24, 2.45) is 0 Å². The van der Waals surface area contributed by atoms with Crippen molar-refractivity contribution in [2.75, 3.05) is 50.1 Å². The van der Waals surface area contributed by atoms with Crippen molar-refractivity contribution in [1.29, 1.82) is 0 Å². The van der Waals surface area contributed by atoms with Crippen LogP contribution in [0.2, 0.25) is 0 Å². The zero-order chi connectivity index (χ0) is 18.4. The third kappa shape index (κ3) is 4.28. The molecule has 26 heavy (non-hydrogen) atoms. The molecule has 0 aromatic heterocycles. The van der Waals surface area contributed by atoms with Crippen molar-refractivity contribution in [3.05, 3.63) is 54.1 Å². The fraction of sp³-hybridized carbons (Fsp3) is 0.381. The largest absolute Gasteiger partial charge is 0.497 e. The Morgan fingerprint density at radius 3 is 2.38 bits per heavy atom. The van der Waals surface area contributed by atoms with Gasteiger partial charge in [0.15, 0.2) is 0 Å². The molecule has 138 valence electrons. The van der Waals surface area contributed by atoms with E-state index >= 15 is 0 Å². The van der Waals surface area contributed by atoms with Crippen LogP contribution in [0.4, 0.5) is 11.4 Å². The number of carbonyl (C=O) groups is 1. The van der Waals surface area contributed by atoms with E-state index in [4.69, 9.17) is 4.74 Å². The second-order valence-electron chi connectivity index (χ2n) is 6.43. The second-order valence-corrected chi connectivity index (χ2v) is 6.43. The van der Waals surface area contributed by atoms with Gasteiger partial charge in [0, 0.05) is 37.6 Å². The summed E-state index contributed by atoms with van der Waals surface area (Å²) in [6.07, 6.45) is 0.956. The summed E-state index contributed by atoms with van der Waals surface area (Å²) >= 11 is 0. The summed E-state index contributed by atoms with van der Waals surface area (Å²) in [5.74, 6) is 1.02. The molecule has 0 spiro atoms. The number of aryl methyl sites for hydroxylation is 1. The minimum Gasteiger partial charge on any atom is -0.497 e. The van der Waals surface area contributed by atoms with E-state index < -0.39 is 0 Å². The molecule has 0 radical (unpaired) electrons. The number of amides is 1. The van der Waals surface area contributed by atoms with Crippen LogP contribution in [0.15, 0.2) is 48.5 Å². The minimum absolute atomic E-state index is 0.158. The summed E-state index contributed by atoms with van der Waals surface area (Å²) in [7, 11) is 1.67. The molecule has 2 aromatic carbocycles. The lowest BCUT2D eigenvalue weighted by atomic mass is 10.1. The van der Waals surface area contributed by atoms with Crippen molar-refractivity contribution in [3.63, 3.8) is 0 Å². The van der Waals surface area contributed by atoms with Crippen LogP contribution in [0.25, 0.3) is 0 Å². The zero-order valence-corrected chi connectivity index (χ0v) is 15.6. The van der Waals surface area contributed by atoms with Crippen LogP contribution in [0, 0.1) is 0 Å². The van der Waals surface area contributed by atoms with Crippen LogP contribution >= 0.6 is 0 Å². The van der Waals surface area contributed by atoms with Crippen LogP contribution in [-0.2, 0) is 11.2 Å². The summed E-state index contributed by atoms with van der Waals surface area (Å²) < 4.78 is 5.21. The van der Waals surface area contributed by atoms with E-state index in [-0.39, 0.29) is 5.91 Å². The molecule has 1 N–H and O–H groups in total. The number of benzene rings is 2. The SMILES string of the molecule is CCc1ccccc1NCC(=O)N1CCN(c2ccc(OC)cc2)CC1. The number of carbonyl (C=O) groups excluding carboxylic acids is 1. The van der Waals surface area contributed by atoms with Gasteiger partial charge in [-0.25, -0.2) is 0 Å². The highest BCUT2D eigenvalue weighted by molar-refractivity contribution is 5.81. The third-order valence-corrected chi connectivity index (χ3v) is 4.90. The van der Waals surface area contributed by atoms with E-state index in [1.165, 1.54) is 11.3 Å². The van der Waals surface area contributed by atoms with Gasteiger partial charge in [0.25, 0.3) is 0 Å². The van der Waals surface area contributed by atoms with E-state index in [1.54, 1.807) is 7.11 Å². The molecule has 0 atom stereocenters. The molecule has 1 aliphatic rings. The number of ether oxygens (including phenoxy) is 1. The first-order chi connectivity index (χ1) is 12.7. The Morgan fingerprint density at radius 2 is 1.73 bits per heavy atom. The molecule has 0 aliphatic carbocycles. The van der Waals surface area contributed by atoms with Gasteiger partial charge in [-0.15, -0.1) is 0 Å². The van der Waals surface area contributed by atoms with Gasteiger partial charge in [0.2, 0.25) is 5.91 Å². The van der Waals surface area contributed by atoms with E-state index in [9.17, 15) is 4.79 Å². The molecule has 5 heteroatoms. The first-order valence-electron chi connectivity index (χ1n) is 9.20. The number of anilines is 2. The number of hydrogen-bond acceptors (Lipinski definition) is 4. The summed E-state index contributed by atoms with van der Waals surface area (Å²) in [4.78, 5) is 16.8. The van der Waals surface area contributed by atoms with Crippen molar-refractivity contribution in [2.45, 2.75) is 13.3 Å². The Kier molecular flexibility index (Phi) is 6.00. The maximum Gasteiger partial charge on any atom is 0.241 e. The maximum atomic E-state index is 12.5. The molecule has 1 saturated heterocycles. The summed E-state index contributed by atoms with van der Waals surface area (Å²) in [6, 6.07) is 16.3. The highest BCUT2D eigenvalue weighted by atomic mass is 16.5. The molecule has 3 rings (SSSR count). The number of para-hydroxylation sites is 1. The molecule has 2 aromatic rings. The first-order valence-corrected chi connectivity index (χ1v) is 9.20. The first kappa shape index (κ1) is 18.1. The lowest BCUT2D eigenvalue weighted by Gasteiger charge is -2.36. The minimum atomic E-state index is 0.158. The van der Waals surface area contributed by atoms with Crippen LogP contribution < -0.4 is 15.0 Å². The topological polar surface area (TPSA) is 44.8 Å². The normalized spacial score (nSPS) is 14.2. The number of nitrogens with zero attached hydrogens (tertiary/aromatic N) is 2. The number of piperazine rings is 1. The molecule has 5 nitrogen and oxygen atoms in total. The van der Waals surface area contributed by atoms with Gasteiger partial charge >= 0.3 is 0 Å². The van der Waals surface area contributed by atoms with Crippen LogP contribution in [0.1, 0.15) is 12.5 Å². The Hall–Kier alpha value is -2.69. The van der Waals surface area contributed by atoms with E-state index in [2.05, 4.69) is 35.3 Å². The van der Waals surface area contributed by atoms with Gasteiger partial charge < -0.3 is 19.9 Å². The van der Waals surface area contributed by atoms with Gasteiger partial charge in [-0.05, 0) is 42.3 Å². The number of methoxy groups -OCH3 is 1. The van der Waals surface area contributed by atoms with Gasteiger partial charge in [-0.1, -0.05) is 25.1 Å². The zero-order valence-electron chi connectivity index (χ0n) is 15.6. The van der Waals surface area contributed by atoms with E-state index in [0.717, 1.165) is 44.0 Å². The average Bonchev–Trinajstić information content (AvgIpc) is 2.72. The highest BCUT2D eigenvalue weighted by Crippen LogP contribution is 2.20. The Labute approximate surface area is 155 Å². The van der Waals surface area contributed by atoms with Crippen molar-refractivity contribution < 1.29 is 9.53 Å². The third-order valence-electron chi connectivity index (χ3n) is 4.90. The fourth-order valence-corrected chi connectivity index (χ4v) is 3.29. The Morgan fingerprint density at radius 1 is 1.04 bits per heavy atom. The molecule has 0 saturated carbocycles. The fourth-order valence-electron chi connectivity index (χ4n) is 3.29. The Bertz CT molecular complexity index is 722. The predicted molar refractivity (Wildman–Crippen MR) is 106 cm³/mol. The smallest absolute Gasteiger partial charge is 0.241 e. The standard InChI is InChI=1S/C21H27N3O2/c1-3-17-6-4-5-7-20(17)22-16-21(25)24-14-12-23(13-15-24)18-8-10-19(26-2)11-9-18/h4-11,22H,3,12-16H2,1-2H3. The average molecular weight is 353 g/mol. The maximum absolute atomic E-state index is 12.5. The molecule has 0 bridgehead atoms. The van der Waals surface area contributed by atoms with Crippen molar-refractivity contribution >= 4 is 17.3 Å². The number of nitrogens with one attached hydrogen (secondary N) is 1. The Balaban J connectivity index is 1.50. The quantitative estimate of drug-likeness (QED) is 0.867. The van der Waals surface area contributed by atoms with Crippen LogP contribution in [0.3, 0.4) is 0 Å². The molecular formula is C21H27N3O2. The van der Waals surface area contributed by atoms with Crippen LogP contribution in [0.5, 0.6) is 5.75 Å². The predicted octanol–water partition coefficient (Wildman–Crippen LogP) is 3.02. The summed E-state index contributed by atoms with van der Waals surface area (Å²) in [5, 5.41) is 3.30. The van der Waals surface area contributed by atoms with E-state index in [0.29, 0.717) is 6.54 Å². The van der Waals surface area contributed by atoms with Gasteiger partial charge in [-0.3, -0.25) is 4.79 Å². The van der Waals surface area contributed by atoms with Gasteiger partial charge in [0.1, 0.15) is 5.75 Å². The molecule has 0 unspecified atom stereocenters. The monoisotopic (exact) mass is 353 g/mol. The van der Waals surface area contributed by atoms with E-state index in [1.807, 2.05) is 35.2 Å². The van der Waals surface area contributed by atoms with Crippen molar-refractivity contribution in [1.82, 2.24) is 4.90 Å². The lowest BCUT2D eigenvalue weighted by molar-refractivity contribution is -0.129. The molecule has 1 fully saturated rings. The molecule has 1 heterocycles. The lowest BCUT2D eigenvalue weighted by Crippen LogP contribution is -2.50. The second kappa shape index (κ2) is 8.61. The number of rotatable bonds is 6. The molecular weight excluding hydrogens is 326 g/mol. The summed E-state index contributed by atoms with van der Waals surface area (Å²) in [5.41, 5.74) is 3.47. The highest BCUT2D eigenvalue weighted by Gasteiger charge is 2.21. The van der Waals surface area contributed by atoms with Gasteiger partial charge in [0.05, 0.1) is 13.7 Å². The molecule has 1 aliphatic heterocycles. The molecule has 1 amide bonds. The summed E-state index contributed by atoms with van der Waals surface area (Å²) in [6.45, 7) is 5.68. The number of hydrogen-bond donors (Lipinski definition) is 1. The van der Waals surface area contributed by atoms with Gasteiger partial charge in [-0.2, -0.15) is 0 Å².